The number of halogens is 3. The molecule has 1 aromatic rings. The number of hydrazone groups is 1. The van der Waals surface area contributed by atoms with Crippen LogP contribution in [0.4, 0.5) is 18.9 Å². The fourth-order valence-electron chi connectivity index (χ4n) is 2.00. The largest absolute Gasteiger partial charge is 0.416 e. The van der Waals surface area contributed by atoms with E-state index in [1.54, 1.807) is 0 Å². The van der Waals surface area contributed by atoms with Gasteiger partial charge in [-0.15, -0.1) is 0 Å². The summed E-state index contributed by atoms with van der Waals surface area (Å²) in [6.45, 7) is -0.469. The Balaban J connectivity index is 1.99. The summed E-state index contributed by atoms with van der Waals surface area (Å²) in [6.07, 6.45) is -7.77. The highest BCUT2D eigenvalue weighted by Gasteiger charge is 2.41. The van der Waals surface area contributed by atoms with Crippen molar-refractivity contribution in [2.45, 2.75) is 30.6 Å². The Labute approximate surface area is 123 Å². The van der Waals surface area contributed by atoms with Crippen molar-refractivity contribution in [3.8, 4) is 0 Å². The SMILES string of the molecule is OC[C@H]1O[C@@H](/C=N/Nc2cccc(C(F)(F)F)c2)[C@@H](O)[C@@H]1O. The predicted molar refractivity (Wildman–Crippen MR) is 71.3 cm³/mol. The fraction of sp³-hybridized carbons (Fsp3) is 0.462. The van der Waals surface area contributed by atoms with E-state index in [0.717, 1.165) is 18.3 Å². The van der Waals surface area contributed by atoms with Crippen LogP contribution in [0.1, 0.15) is 5.56 Å². The number of alkyl halides is 3. The van der Waals surface area contributed by atoms with Crippen molar-refractivity contribution >= 4 is 11.9 Å². The van der Waals surface area contributed by atoms with Gasteiger partial charge in [-0.05, 0) is 18.2 Å². The maximum absolute atomic E-state index is 12.5. The van der Waals surface area contributed by atoms with Crippen molar-refractivity contribution in [2.75, 3.05) is 12.0 Å². The van der Waals surface area contributed by atoms with E-state index in [1.165, 1.54) is 12.1 Å². The molecule has 1 fully saturated rings. The second-order valence-electron chi connectivity index (χ2n) is 4.77. The Hall–Kier alpha value is -1.68. The molecule has 9 heteroatoms. The first-order valence-electron chi connectivity index (χ1n) is 6.42. The van der Waals surface area contributed by atoms with Crippen molar-refractivity contribution in [3.63, 3.8) is 0 Å². The summed E-state index contributed by atoms with van der Waals surface area (Å²) in [5.74, 6) is 0. The third-order valence-corrected chi connectivity index (χ3v) is 3.18. The summed E-state index contributed by atoms with van der Waals surface area (Å²) in [4.78, 5) is 0. The highest BCUT2D eigenvalue weighted by Crippen LogP contribution is 2.30. The van der Waals surface area contributed by atoms with Gasteiger partial charge in [-0.25, -0.2) is 0 Å². The van der Waals surface area contributed by atoms with Crippen LogP contribution < -0.4 is 5.43 Å². The maximum atomic E-state index is 12.5. The molecule has 0 bridgehead atoms. The van der Waals surface area contributed by atoms with E-state index in [-0.39, 0.29) is 5.69 Å². The maximum Gasteiger partial charge on any atom is 0.416 e. The van der Waals surface area contributed by atoms with Gasteiger partial charge in [0.2, 0.25) is 0 Å². The second-order valence-corrected chi connectivity index (χ2v) is 4.77. The number of ether oxygens (including phenoxy) is 1. The molecule has 0 spiro atoms. The summed E-state index contributed by atoms with van der Waals surface area (Å²) >= 11 is 0. The van der Waals surface area contributed by atoms with Crippen molar-refractivity contribution in [1.29, 1.82) is 0 Å². The quantitative estimate of drug-likeness (QED) is 0.481. The molecule has 1 aliphatic rings. The van der Waals surface area contributed by atoms with Gasteiger partial charge < -0.3 is 20.1 Å². The zero-order chi connectivity index (χ0) is 16.3. The van der Waals surface area contributed by atoms with Crippen LogP contribution in [-0.2, 0) is 10.9 Å². The average molecular weight is 320 g/mol. The van der Waals surface area contributed by atoms with Gasteiger partial charge in [0.1, 0.15) is 24.4 Å². The molecule has 0 radical (unpaired) electrons. The first-order valence-corrected chi connectivity index (χ1v) is 6.42. The highest BCUT2D eigenvalue weighted by molar-refractivity contribution is 5.66. The lowest BCUT2D eigenvalue weighted by Gasteiger charge is -2.10. The fourth-order valence-corrected chi connectivity index (χ4v) is 2.00. The van der Waals surface area contributed by atoms with Crippen molar-refractivity contribution in [3.05, 3.63) is 29.8 Å². The molecule has 0 aromatic heterocycles. The summed E-state index contributed by atoms with van der Waals surface area (Å²) in [5, 5.41) is 31.8. The van der Waals surface area contributed by atoms with Gasteiger partial charge in [-0.2, -0.15) is 18.3 Å². The van der Waals surface area contributed by atoms with E-state index in [0.29, 0.717) is 0 Å². The Kier molecular flexibility index (Phi) is 5.01. The molecule has 6 nitrogen and oxygen atoms in total. The predicted octanol–water partition coefficient (Wildman–Crippen LogP) is 0.585. The first-order chi connectivity index (χ1) is 10.3. The molecule has 4 N–H and O–H groups in total. The van der Waals surface area contributed by atoms with Gasteiger partial charge in [0.15, 0.2) is 0 Å². The van der Waals surface area contributed by atoms with Crippen LogP contribution in [0.25, 0.3) is 0 Å². The normalized spacial score (nSPS) is 29.2. The van der Waals surface area contributed by atoms with Crippen LogP contribution in [0.2, 0.25) is 0 Å². The van der Waals surface area contributed by atoms with E-state index in [2.05, 4.69) is 10.5 Å². The first kappa shape index (κ1) is 16.7. The number of nitrogens with zero attached hydrogens (tertiary/aromatic N) is 1. The van der Waals surface area contributed by atoms with Crippen LogP contribution in [0.15, 0.2) is 29.4 Å². The second kappa shape index (κ2) is 6.61. The van der Waals surface area contributed by atoms with E-state index in [4.69, 9.17) is 9.84 Å². The van der Waals surface area contributed by atoms with Crippen molar-refractivity contribution < 1.29 is 33.2 Å². The summed E-state index contributed by atoms with van der Waals surface area (Å²) in [6, 6.07) is 4.44. The lowest BCUT2D eigenvalue weighted by Crippen LogP contribution is -2.34. The van der Waals surface area contributed by atoms with Crippen LogP contribution in [0.5, 0.6) is 0 Å². The van der Waals surface area contributed by atoms with Gasteiger partial charge in [0.05, 0.1) is 24.1 Å². The third-order valence-electron chi connectivity index (χ3n) is 3.18. The zero-order valence-electron chi connectivity index (χ0n) is 11.2. The summed E-state index contributed by atoms with van der Waals surface area (Å²) < 4.78 is 42.8. The minimum atomic E-state index is -4.45. The number of aliphatic hydroxyl groups excluding tert-OH is 3. The van der Waals surface area contributed by atoms with Crippen LogP contribution >= 0.6 is 0 Å². The molecular weight excluding hydrogens is 305 g/mol. The van der Waals surface area contributed by atoms with Crippen LogP contribution in [0, 0.1) is 0 Å². The number of anilines is 1. The molecule has 0 saturated carbocycles. The summed E-state index contributed by atoms with van der Waals surface area (Å²) in [5.41, 5.74) is 1.68. The number of hydrogen-bond acceptors (Lipinski definition) is 6. The monoisotopic (exact) mass is 320 g/mol. The molecule has 122 valence electrons. The molecule has 1 saturated heterocycles. The van der Waals surface area contributed by atoms with Gasteiger partial charge in [-0.3, -0.25) is 5.43 Å². The molecular formula is C13H15F3N2O4. The van der Waals surface area contributed by atoms with E-state index >= 15 is 0 Å². The number of aliphatic hydroxyl groups is 3. The van der Waals surface area contributed by atoms with Crippen molar-refractivity contribution in [2.24, 2.45) is 5.10 Å². The van der Waals surface area contributed by atoms with E-state index < -0.39 is 42.8 Å². The summed E-state index contributed by atoms with van der Waals surface area (Å²) in [7, 11) is 0. The molecule has 0 amide bonds. The highest BCUT2D eigenvalue weighted by atomic mass is 19.4. The topological polar surface area (TPSA) is 94.3 Å². The molecule has 1 aromatic carbocycles. The molecule has 0 aliphatic carbocycles. The van der Waals surface area contributed by atoms with Crippen LogP contribution in [-0.4, -0.2) is 52.6 Å². The van der Waals surface area contributed by atoms with E-state index in [1.807, 2.05) is 0 Å². The average Bonchev–Trinajstić information content (AvgIpc) is 2.74. The van der Waals surface area contributed by atoms with Gasteiger partial charge in [0.25, 0.3) is 0 Å². The standard InChI is InChI=1S/C13H15F3N2O4/c14-13(15,16)7-2-1-3-8(4-7)18-17-5-9-11(20)12(21)10(6-19)22-9/h1-5,9-12,18-21H,6H2/b17-5+/t9-,10+,11+,12+/m0/s1. The van der Waals surface area contributed by atoms with Crippen LogP contribution in [0.3, 0.4) is 0 Å². The molecule has 0 unspecified atom stereocenters. The number of nitrogens with one attached hydrogen (secondary N) is 1. The number of rotatable bonds is 4. The Morgan fingerprint density at radius 3 is 2.59 bits per heavy atom. The lowest BCUT2D eigenvalue weighted by molar-refractivity contribution is -0.137. The van der Waals surface area contributed by atoms with Gasteiger partial charge in [0, 0.05) is 0 Å². The third kappa shape index (κ3) is 3.74. The number of hydrogen-bond donors (Lipinski definition) is 4. The zero-order valence-corrected chi connectivity index (χ0v) is 11.2. The molecule has 1 heterocycles. The Bertz CT molecular complexity index is 538. The molecule has 1 aliphatic heterocycles. The van der Waals surface area contributed by atoms with Gasteiger partial charge in [-0.1, -0.05) is 6.07 Å². The smallest absolute Gasteiger partial charge is 0.394 e. The van der Waals surface area contributed by atoms with Gasteiger partial charge >= 0.3 is 6.18 Å². The molecule has 2 rings (SSSR count). The lowest BCUT2D eigenvalue weighted by atomic mass is 10.1. The van der Waals surface area contributed by atoms with E-state index in [9.17, 15) is 23.4 Å². The Morgan fingerprint density at radius 2 is 2.00 bits per heavy atom. The Morgan fingerprint density at radius 1 is 1.27 bits per heavy atom. The molecule has 4 atom stereocenters. The van der Waals surface area contributed by atoms with Crippen molar-refractivity contribution in [1.82, 2.24) is 0 Å². The number of benzene rings is 1. The minimum absolute atomic E-state index is 0.109. The minimum Gasteiger partial charge on any atom is -0.394 e. The molecule has 22 heavy (non-hydrogen) atoms.